The summed E-state index contributed by atoms with van der Waals surface area (Å²) in [5.41, 5.74) is 1.03. The van der Waals surface area contributed by atoms with E-state index in [1.807, 2.05) is 0 Å². The summed E-state index contributed by atoms with van der Waals surface area (Å²) in [6.07, 6.45) is 3.39. The summed E-state index contributed by atoms with van der Waals surface area (Å²) in [6.45, 7) is 2.74. The zero-order valence-electron chi connectivity index (χ0n) is 16.1. The maximum absolute atomic E-state index is 12.6. The zero-order valence-corrected chi connectivity index (χ0v) is 16.1. The van der Waals surface area contributed by atoms with Crippen LogP contribution in [-0.2, 0) is 0 Å². The quantitative estimate of drug-likeness (QED) is 0.771. The second-order valence-electron chi connectivity index (χ2n) is 6.03. The van der Waals surface area contributed by atoms with Crippen molar-refractivity contribution in [1.29, 1.82) is 0 Å². The van der Waals surface area contributed by atoms with Crippen LogP contribution in [0.25, 0.3) is 0 Å². The molecule has 2 rings (SSSR count). The SMILES string of the molecule is CCCCN(C)C(=O)c1ccnc(C(=O)Nc2cc(OC)ccc2OC)c1. The second-order valence-corrected chi connectivity index (χ2v) is 6.03. The Kier molecular flexibility index (Phi) is 7.16. The van der Waals surface area contributed by atoms with Gasteiger partial charge in [0.1, 0.15) is 17.2 Å². The summed E-state index contributed by atoms with van der Waals surface area (Å²) in [5.74, 6) is 0.502. The number of benzene rings is 1. The molecule has 27 heavy (non-hydrogen) atoms. The van der Waals surface area contributed by atoms with Crippen molar-refractivity contribution in [3.05, 3.63) is 47.8 Å². The van der Waals surface area contributed by atoms with E-state index in [9.17, 15) is 9.59 Å². The van der Waals surface area contributed by atoms with E-state index in [1.165, 1.54) is 19.4 Å². The Balaban J connectivity index is 2.19. The fraction of sp³-hybridized carbons (Fsp3) is 0.350. The highest BCUT2D eigenvalue weighted by Crippen LogP contribution is 2.29. The minimum absolute atomic E-state index is 0.140. The Bertz CT molecular complexity index is 808. The average Bonchev–Trinajstić information content (AvgIpc) is 2.71. The second kappa shape index (κ2) is 9.56. The van der Waals surface area contributed by atoms with Crippen LogP contribution in [0.4, 0.5) is 5.69 Å². The first-order valence-corrected chi connectivity index (χ1v) is 8.75. The van der Waals surface area contributed by atoms with E-state index in [2.05, 4.69) is 17.2 Å². The standard InChI is InChI=1S/C20H25N3O4/c1-5-6-11-23(2)20(25)14-9-10-21-17(12-14)19(24)22-16-13-15(26-3)7-8-18(16)27-4/h7-10,12-13H,5-6,11H2,1-4H3,(H,22,24). The van der Waals surface area contributed by atoms with E-state index < -0.39 is 5.91 Å². The van der Waals surface area contributed by atoms with E-state index in [0.717, 1.165) is 12.8 Å². The number of unbranched alkanes of at least 4 members (excludes halogenated alkanes) is 1. The number of ether oxygens (including phenoxy) is 2. The van der Waals surface area contributed by atoms with Gasteiger partial charge in [-0.1, -0.05) is 13.3 Å². The van der Waals surface area contributed by atoms with Crippen LogP contribution in [0.1, 0.15) is 40.6 Å². The minimum atomic E-state index is -0.438. The van der Waals surface area contributed by atoms with Gasteiger partial charge in [-0.15, -0.1) is 0 Å². The number of aromatic nitrogens is 1. The third-order valence-electron chi connectivity index (χ3n) is 4.09. The highest BCUT2D eigenvalue weighted by atomic mass is 16.5. The molecule has 1 heterocycles. The van der Waals surface area contributed by atoms with Crippen molar-refractivity contribution in [3.8, 4) is 11.5 Å². The van der Waals surface area contributed by atoms with Gasteiger partial charge in [0.2, 0.25) is 0 Å². The third-order valence-corrected chi connectivity index (χ3v) is 4.09. The summed E-state index contributed by atoms with van der Waals surface area (Å²) >= 11 is 0. The number of hydrogen-bond donors (Lipinski definition) is 1. The van der Waals surface area contributed by atoms with Gasteiger partial charge in [-0.3, -0.25) is 14.6 Å². The van der Waals surface area contributed by atoms with Crippen molar-refractivity contribution in [1.82, 2.24) is 9.88 Å². The van der Waals surface area contributed by atoms with Gasteiger partial charge in [-0.05, 0) is 30.7 Å². The molecule has 0 atom stereocenters. The van der Waals surface area contributed by atoms with Crippen LogP contribution in [0.2, 0.25) is 0 Å². The van der Waals surface area contributed by atoms with Crippen molar-refractivity contribution in [2.45, 2.75) is 19.8 Å². The number of methoxy groups -OCH3 is 2. The Hall–Kier alpha value is -3.09. The van der Waals surface area contributed by atoms with Crippen LogP contribution >= 0.6 is 0 Å². The molecule has 0 saturated carbocycles. The molecule has 0 radical (unpaired) electrons. The summed E-state index contributed by atoms with van der Waals surface area (Å²) in [6, 6.07) is 8.19. The first kappa shape index (κ1) is 20.2. The molecular formula is C20H25N3O4. The van der Waals surface area contributed by atoms with Crippen LogP contribution in [0.3, 0.4) is 0 Å². The molecular weight excluding hydrogens is 346 g/mol. The fourth-order valence-corrected chi connectivity index (χ4v) is 2.50. The molecule has 1 N–H and O–H groups in total. The smallest absolute Gasteiger partial charge is 0.274 e. The molecule has 0 bridgehead atoms. The molecule has 0 unspecified atom stereocenters. The lowest BCUT2D eigenvalue weighted by Crippen LogP contribution is -2.28. The number of rotatable bonds is 8. The Morgan fingerprint density at radius 1 is 1.15 bits per heavy atom. The molecule has 2 aromatic rings. The van der Waals surface area contributed by atoms with Gasteiger partial charge in [0.05, 0.1) is 19.9 Å². The lowest BCUT2D eigenvalue weighted by atomic mass is 10.2. The molecule has 7 heteroatoms. The highest BCUT2D eigenvalue weighted by molar-refractivity contribution is 6.05. The van der Waals surface area contributed by atoms with Crippen molar-refractivity contribution >= 4 is 17.5 Å². The number of amides is 2. The Labute approximate surface area is 159 Å². The first-order chi connectivity index (χ1) is 13.0. The maximum atomic E-state index is 12.6. The van der Waals surface area contributed by atoms with Crippen LogP contribution in [0, 0.1) is 0 Å². The predicted molar refractivity (Wildman–Crippen MR) is 104 cm³/mol. The van der Waals surface area contributed by atoms with Crippen LogP contribution in [0.5, 0.6) is 11.5 Å². The zero-order chi connectivity index (χ0) is 19.8. The van der Waals surface area contributed by atoms with Gasteiger partial charge in [0.15, 0.2) is 0 Å². The normalized spacial score (nSPS) is 10.2. The molecule has 0 saturated heterocycles. The number of anilines is 1. The first-order valence-electron chi connectivity index (χ1n) is 8.75. The maximum Gasteiger partial charge on any atom is 0.274 e. The molecule has 0 fully saturated rings. The van der Waals surface area contributed by atoms with Crippen molar-refractivity contribution in [3.63, 3.8) is 0 Å². The van der Waals surface area contributed by atoms with Gasteiger partial charge in [0.25, 0.3) is 11.8 Å². The summed E-state index contributed by atoms with van der Waals surface area (Å²) in [7, 11) is 4.81. The molecule has 0 spiro atoms. The molecule has 7 nitrogen and oxygen atoms in total. The lowest BCUT2D eigenvalue weighted by molar-refractivity contribution is 0.0793. The number of carbonyl (C=O) groups excluding carboxylic acids is 2. The lowest BCUT2D eigenvalue weighted by Gasteiger charge is -2.17. The predicted octanol–water partition coefficient (Wildman–Crippen LogP) is 3.22. The van der Waals surface area contributed by atoms with Gasteiger partial charge in [-0.2, -0.15) is 0 Å². The Morgan fingerprint density at radius 3 is 2.59 bits per heavy atom. The minimum Gasteiger partial charge on any atom is -0.497 e. The topological polar surface area (TPSA) is 80.8 Å². The summed E-state index contributed by atoms with van der Waals surface area (Å²) < 4.78 is 10.4. The van der Waals surface area contributed by atoms with E-state index >= 15 is 0 Å². The highest BCUT2D eigenvalue weighted by Gasteiger charge is 2.16. The van der Waals surface area contributed by atoms with E-state index in [1.54, 1.807) is 43.3 Å². The van der Waals surface area contributed by atoms with Gasteiger partial charge in [-0.25, -0.2) is 0 Å². The molecule has 1 aromatic carbocycles. The molecule has 0 aliphatic heterocycles. The van der Waals surface area contributed by atoms with Gasteiger partial charge >= 0.3 is 0 Å². The van der Waals surface area contributed by atoms with E-state index in [4.69, 9.17) is 9.47 Å². The van der Waals surface area contributed by atoms with Crippen LogP contribution in [-0.4, -0.2) is 49.5 Å². The van der Waals surface area contributed by atoms with Crippen molar-refractivity contribution in [2.24, 2.45) is 0 Å². The third kappa shape index (κ3) is 5.20. The molecule has 0 aliphatic rings. The number of pyridine rings is 1. The molecule has 0 aliphatic carbocycles. The molecule has 1 aromatic heterocycles. The molecule has 144 valence electrons. The fourth-order valence-electron chi connectivity index (χ4n) is 2.50. The van der Waals surface area contributed by atoms with Crippen molar-refractivity contribution in [2.75, 3.05) is 33.1 Å². The number of nitrogens with zero attached hydrogens (tertiary/aromatic N) is 2. The van der Waals surface area contributed by atoms with Gasteiger partial charge < -0.3 is 19.7 Å². The monoisotopic (exact) mass is 371 g/mol. The summed E-state index contributed by atoms with van der Waals surface area (Å²) in [4.78, 5) is 30.8. The largest absolute Gasteiger partial charge is 0.497 e. The van der Waals surface area contributed by atoms with Crippen LogP contribution < -0.4 is 14.8 Å². The average molecular weight is 371 g/mol. The van der Waals surface area contributed by atoms with Crippen LogP contribution in [0.15, 0.2) is 36.5 Å². The van der Waals surface area contributed by atoms with Crippen molar-refractivity contribution < 1.29 is 19.1 Å². The molecule has 2 amide bonds. The van der Waals surface area contributed by atoms with E-state index in [0.29, 0.717) is 29.3 Å². The summed E-state index contributed by atoms with van der Waals surface area (Å²) in [5, 5.41) is 2.75. The number of hydrogen-bond acceptors (Lipinski definition) is 5. The Morgan fingerprint density at radius 2 is 1.93 bits per heavy atom. The van der Waals surface area contributed by atoms with Gasteiger partial charge in [0, 0.05) is 31.4 Å². The number of nitrogens with one attached hydrogen (secondary N) is 1. The van der Waals surface area contributed by atoms with E-state index in [-0.39, 0.29) is 11.6 Å². The number of carbonyl (C=O) groups is 2.